The first-order valence-corrected chi connectivity index (χ1v) is 9.90. The van der Waals surface area contributed by atoms with E-state index >= 15 is 0 Å². The van der Waals surface area contributed by atoms with E-state index in [0.717, 1.165) is 25.9 Å². The molecule has 2 saturated heterocycles. The van der Waals surface area contributed by atoms with E-state index in [1.807, 2.05) is 28.5 Å². The second kappa shape index (κ2) is 7.33. The number of carboxylic acid groups (broad SMARTS) is 1. The van der Waals surface area contributed by atoms with E-state index in [4.69, 9.17) is 4.42 Å². The Hall–Kier alpha value is -2.77. The predicted octanol–water partition coefficient (Wildman–Crippen LogP) is 3.03. The normalized spacial score (nSPS) is 23.3. The van der Waals surface area contributed by atoms with Crippen LogP contribution in [-0.4, -0.2) is 70.2 Å². The van der Waals surface area contributed by atoms with Gasteiger partial charge in [0.05, 0.1) is 5.56 Å². The number of hydrogen-bond donors (Lipinski definition) is 1. The summed E-state index contributed by atoms with van der Waals surface area (Å²) in [5.41, 5.74) is 0.948. The lowest BCUT2D eigenvalue weighted by Crippen LogP contribution is -2.60. The average Bonchev–Trinajstić information content (AvgIpc) is 3.10. The number of oxazole rings is 1. The van der Waals surface area contributed by atoms with Crippen molar-refractivity contribution in [2.24, 2.45) is 0 Å². The lowest BCUT2D eigenvalue weighted by atomic mass is 10.1. The zero-order valence-corrected chi connectivity index (χ0v) is 16.3. The van der Waals surface area contributed by atoms with Gasteiger partial charge in [0, 0.05) is 38.3 Å². The van der Waals surface area contributed by atoms with Crippen molar-refractivity contribution < 1.29 is 19.1 Å². The summed E-state index contributed by atoms with van der Waals surface area (Å²) in [6, 6.07) is 5.46. The Morgan fingerprint density at radius 3 is 2.39 bits per heavy atom. The van der Waals surface area contributed by atoms with Gasteiger partial charge >= 0.3 is 12.0 Å². The van der Waals surface area contributed by atoms with Crippen molar-refractivity contribution in [1.82, 2.24) is 14.8 Å². The number of para-hydroxylation sites is 1. The molecule has 0 bridgehead atoms. The van der Waals surface area contributed by atoms with Crippen LogP contribution in [0.1, 0.15) is 43.5 Å². The van der Waals surface area contributed by atoms with Gasteiger partial charge in [0.2, 0.25) is 0 Å². The number of piperazine rings is 1. The van der Waals surface area contributed by atoms with Gasteiger partial charge in [-0.1, -0.05) is 6.07 Å². The average molecular weight is 386 g/mol. The van der Waals surface area contributed by atoms with E-state index in [1.54, 1.807) is 12.1 Å². The fraction of sp³-hybridized carbons (Fsp3) is 0.550. The number of hydrogen-bond acceptors (Lipinski definition) is 5. The smallest absolute Gasteiger partial charge is 0.338 e. The van der Waals surface area contributed by atoms with Gasteiger partial charge < -0.3 is 24.2 Å². The summed E-state index contributed by atoms with van der Waals surface area (Å²) < 4.78 is 5.89. The number of aromatic carboxylic acids is 1. The third-order valence-electron chi connectivity index (χ3n) is 5.68. The molecule has 2 aromatic rings. The molecule has 2 aliphatic heterocycles. The molecule has 1 aromatic heterocycles. The number of carbonyl (C=O) groups is 2. The number of amides is 2. The summed E-state index contributed by atoms with van der Waals surface area (Å²) in [6.45, 7) is 6.93. The number of anilines is 1. The molecule has 0 radical (unpaired) electrons. The zero-order valence-electron chi connectivity index (χ0n) is 16.3. The van der Waals surface area contributed by atoms with Gasteiger partial charge in [0.15, 0.2) is 5.58 Å². The summed E-state index contributed by atoms with van der Waals surface area (Å²) in [4.78, 5) is 34.7. The van der Waals surface area contributed by atoms with Crippen LogP contribution < -0.4 is 4.90 Å². The van der Waals surface area contributed by atoms with Gasteiger partial charge in [-0.2, -0.15) is 4.98 Å². The highest BCUT2D eigenvalue weighted by Gasteiger charge is 2.36. The minimum atomic E-state index is -1.02. The Kier molecular flexibility index (Phi) is 4.87. The number of benzene rings is 1. The Morgan fingerprint density at radius 1 is 1.07 bits per heavy atom. The summed E-state index contributed by atoms with van der Waals surface area (Å²) >= 11 is 0. The van der Waals surface area contributed by atoms with Crippen molar-refractivity contribution in [3.8, 4) is 0 Å². The van der Waals surface area contributed by atoms with Crippen LogP contribution in [0, 0.1) is 0 Å². The number of fused-ring (bicyclic) bond motifs is 1. The van der Waals surface area contributed by atoms with Gasteiger partial charge in [0.25, 0.3) is 6.01 Å². The van der Waals surface area contributed by atoms with Crippen LogP contribution in [0.2, 0.25) is 0 Å². The monoisotopic (exact) mass is 386 g/mol. The molecule has 2 amide bonds. The van der Waals surface area contributed by atoms with Crippen molar-refractivity contribution in [2.75, 3.05) is 31.1 Å². The number of nitrogens with zero attached hydrogens (tertiary/aromatic N) is 4. The molecular formula is C20H26N4O4. The standard InChI is InChI=1S/C20H26N4O4/c1-13-11-23(20(27)22-9-4-3-5-10-22)12-14(2)24(13)19-21-17-15(18(25)26)7-6-8-16(17)28-19/h6-8,13-14H,3-5,9-12H2,1-2H3,(H,25,26). The molecule has 150 valence electrons. The molecule has 8 heteroatoms. The summed E-state index contributed by atoms with van der Waals surface area (Å²) in [7, 11) is 0. The third kappa shape index (κ3) is 3.27. The third-order valence-corrected chi connectivity index (χ3v) is 5.68. The number of rotatable bonds is 2. The number of carboxylic acids is 1. The van der Waals surface area contributed by atoms with E-state index in [2.05, 4.69) is 4.98 Å². The molecule has 3 heterocycles. The van der Waals surface area contributed by atoms with Crippen molar-refractivity contribution in [2.45, 2.75) is 45.2 Å². The number of urea groups is 1. The second-order valence-electron chi connectivity index (χ2n) is 7.79. The molecule has 4 rings (SSSR count). The van der Waals surface area contributed by atoms with Crippen molar-refractivity contribution in [3.05, 3.63) is 23.8 Å². The first kappa shape index (κ1) is 18.6. The first-order chi connectivity index (χ1) is 13.5. The van der Waals surface area contributed by atoms with Gasteiger partial charge in [-0.15, -0.1) is 0 Å². The molecule has 8 nitrogen and oxygen atoms in total. The molecule has 2 atom stereocenters. The zero-order chi connectivity index (χ0) is 19.8. The maximum absolute atomic E-state index is 12.9. The predicted molar refractivity (Wildman–Crippen MR) is 105 cm³/mol. The maximum atomic E-state index is 12.9. The SMILES string of the molecule is CC1CN(C(=O)N2CCCCC2)CC(C)N1c1nc2c(C(=O)O)cccc2o1. The van der Waals surface area contributed by atoms with Crippen LogP contribution in [-0.2, 0) is 0 Å². The van der Waals surface area contributed by atoms with Gasteiger partial charge in [-0.05, 0) is 45.2 Å². The molecule has 28 heavy (non-hydrogen) atoms. The van der Waals surface area contributed by atoms with Crippen molar-refractivity contribution in [3.63, 3.8) is 0 Å². The van der Waals surface area contributed by atoms with Crippen LogP contribution in [0.5, 0.6) is 0 Å². The van der Waals surface area contributed by atoms with Crippen LogP contribution >= 0.6 is 0 Å². The first-order valence-electron chi connectivity index (χ1n) is 9.90. The van der Waals surface area contributed by atoms with Crippen LogP contribution in [0.25, 0.3) is 11.1 Å². The Morgan fingerprint density at radius 2 is 1.75 bits per heavy atom. The Labute approximate surface area is 163 Å². The summed E-state index contributed by atoms with van der Waals surface area (Å²) in [5, 5.41) is 9.38. The van der Waals surface area contributed by atoms with Crippen LogP contribution in [0.15, 0.2) is 22.6 Å². The van der Waals surface area contributed by atoms with Gasteiger partial charge in [0.1, 0.15) is 5.52 Å². The van der Waals surface area contributed by atoms with Crippen LogP contribution in [0.4, 0.5) is 10.8 Å². The van der Waals surface area contributed by atoms with Gasteiger partial charge in [-0.25, -0.2) is 9.59 Å². The quantitative estimate of drug-likeness (QED) is 0.853. The number of aromatic nitrogens is 1. The van der Waals surface area contributed by atoms with E-state index in [9.17, 15) is 14.7 Å². The maximum Gasteiger partial charge on any atom is 0.338 e. The molecule has 2 unspecified atom stereocenters. The Balaban J connectivity index is 1.55. The lowest BCUT2D eigenvalue weighted by molar-refractivity contribution is 0.0698. The minimum absolute atomic E-state index is 0.0128. The molecule has 1 aromatic carbocycles. The highest BCUT2D eigenvalue weighted by atomic mass is 16.4. The van der Waals surface area contributed by atoms with E-state index in [1.165, 1.54) is 12.5 Å². The minimum Gasteiger partial charge on any atom is -0.478 e. The van der Waals surface area contributed by atoms with E-state index < -0.39 is 5.97 Å². The Bertz CT molecular complexity index is 877. The van der Waals surface area contributed by atoms with E-state index in [0.29, 0.717) is 30.2 Å². The fourth-order valence-electron chi connectivity index (χ4n) is 4.36. The topological polar surface area (TPSA) is 90.1 Å². The summed E-state index contributed by atoms with van der Waals surface area (Å²) in [5.74, 6) is -1.02. The van der Waals surface area contributed by atoms with Crippen molar-refractivity contribution >= 4 is 29.1 Å². The van der Waals surface area contributed by atoms with Crippen LogP contribution in [0.3, 0.4) is 0 Å². The molecule has 0 spiro atoms. The molecule has 2 fully saturated rings. The second-order valence-corrected chi connectivity index (χ2v) is 7.79. The summed E-state index contributed by atoms with van der Waals surface area (Å²) in [6.07, 6.45) is 3.34. The highest BCUT2D eigenvalue weighted by molar-refractivity contribution is 6.00. The highest BCUT2D eigenvalue weighted by Crippen LogP contribution is 2.30. The molecule has 0 aliphatic carbocycles. The largest absolute Gasteiger partial charge is 0.478 e. The fourth-order valence-corrected chi connectivity index (χ4v) is 4.36. The lowest BCUT2D eigenvalue weighted by Gasteiger charge is -2.45. The van der Waals surface area contributed by atoms with Crippen molar-refractivity contribution in [1.29, 1.82) is 0 Å². The molecule has 2 aliphatic rings. The molecular weight excluding hydrogens is 360 g/mol. The molecule has 0 saturated carbocycles. The number of piperidine rings is 1. The van der Waals surface area contributed by atoms with E-state index in [-0.39, 0.29) is 23.7 Å². The van der Waals surface area contributed by atoms with Gasteiger partial charge in [-0.3, -0.25) is 0 Å². The number of likely N-dealkylation sites (tertiary alicyclic amines) is 1. The molecule has 1 N–H and O–H groups in total. The number of carbonyl (C=O) groups excluding carboxylic acids is 1.